The van der Waals surface area contributed by atoms with Crippen LogP contribution in [0.25, 0.3) is 0 Å². The van der Waals surface area contributed by atoms with Gasteiger partial charge in [0.1, 0.15) is 24.7 Å². The van der Waals surface area contributed by atoms with Crippen molar-refractivity contribution in [3.05, 3.63) is 365 Å². The third-order valence-electron chi connectivity index (χ3n) is 16.8. The summed E-state index contributed by atoms with van der Waals surface area (Å²) in [5.41, 5.74) is 15.5. The molecule has 0 fully saturated rings. The van der Waals surface area contributed by atoms with E-state index >= 15 is 0 Å². The number of allylic oxidation sites excluding steroid dienone is 2. The molecule has 0 radical (unpaired) electrons. The zero-order valence-electron chi connectivity index (χ0n) is 57.2. The Kier molecular flexibility index (Phi) is 31.3. The van der Waals surface area contributed by atoms with E-state index in [1.807, 2.05) is 0 Å². The molecule has 0 spiro atoms. The number of anilines is 2. The number of ether oxygens (including phenoxy) is 8. The minimum absolute atomic E-state index is 0.0625. The molecule has 0 saturated carbocycles. The van der Waals surface area contributed by atoms with Gasteiger partial charge in [0.25, 0.3) is 0 Å². The van der Waals surface area contributed by atoms with E-state index in [0.717, 1.165) is 89.6 Å². The second kappa shape index (κ2) is 41.6. The third-order valence-corrected chi connectivity index (χ3v) is 16.8. The first-order valence-corrected chi connectivity index (χ1v) is 35.7. The summed E-state index contributed by atoms with van der Waals surface area (Å²) in [6.45, 7) is 10.5. The number of hydrogen-bond donors (Lipinski definition) is 1. The van der Waals surface area contributed by atoms with Crippen LogP contribution in [-0.4, -0.2) is 104 Å². The van der Waals surface area contributed by atoms with Crippen molar-refractivity contribution >= 4 is 26.7 Å². The van der Waals surface area contributed by atoms with Crippen molar-refractivity contribution in [3.63, 3.8) is 0 Å². The van der Waals surface area contributed by atoms with Gasteiger partial charge in [-0.05, 0) is 117 Å². The van der Waals surface area contributed by atoms with Gasteiger partial charge in [-0.25, -0.2) is 0 Å². The summed E-state index contributed by atoms with van der Waals surface area (Å²) in [4.78, 5) is 14.7. The molecular weight excluding hydrogens is 1360 g/mol. The summed E-state index contributed by atoms with van der Waals surface area (Å²) in [5, 5.41) is 8.36. The van der Waals surface area contributed by atoms with Crippen molar-refractivity contribution in [3.8, 4) is 11.5 Å². The molecule has 14 heteroatoms. The molecule has 1 aliphatic heterocycles. The van der Waals surface area contributed by atoms with Crippen LogP contribution in [0.3, 0.4) is 0 Å². The molecule has 520 valence electrons. The van der Waals surface area contributed by atoms with Crippen molar-refractivity contribution in [1.29, 1.82) is 0 Å². The summed E-state index contributed by atoms with van der Waals surface area (Å²) in [6.07, 6.45) is 5.64. The Bertz CT molecular complexity index is 3410. The van der Waals surface area contributed by atoms with Crippen LogP contribution >= 0.6 is 9.53 Å². The Morgan fingerprint density at radius 2 is 0.580 bits per heavy atom. The monoisotopic (exact) mass is 1450 g/mol. The zero-order valence-corrected chi connectivity index (χ0v) is 59.5. The molecule has 1 heterocycles. The number of hydrogen-bond acceptors (Lipinski definition) is 12. The summed E-state index contributed by atoms with van der Waals surface area (Å²) < 4.78 is 47.9. The van der Waals surface area contributed by atoms with Crippen LogP contribution in [0.5, 0.6) is 11.5 Å². The number of carbonyl (C=O) groups excluding carboxylic acids is 1. The van der Waals surface area contributed by atoms with E-state index in [1.54, 1.807) is 14.2 Å². The number of halogens is 1. The Balaban J connectivity index is 0.00000122. The number of methoxy groups -OCH3 is 2. The number of rotatable bonds is 35. The fourth-order valence-corrected chi connectivity index (χ4v) is 12.6. The number of ketones is 1. The Morgan fingerprint density at radius 3 is 0.770 bits per heavy atom. The summed E-state index contributed by atoms with van der Waals surface area (Å²) in [6, 6.07) is 95.9. The van der Waals surface area contributed by atoms with E-state index in [-0.39, 0.29) is 35.2 Å². The van der Waals surface area contributed by atoms with E-state index in [0.29, 0.717) is 79.3 Å². The molecule has 0 atom stereocenters. The van der Waals surface area contributed by atoms with Gasteiger partial charge in [-0.2, -0.15) is 0 Å². The van der Waals surface area contributed by atoms with E-state index in [2.05, 4.69) is 323 Å². The number of carbonyl (C=O) groups is 1. The Hall–Kier alpha value is -8.94. The van der Waals surface area contributed by atoms with Gasteiger partial charge >= 0.3 is 27.7 Å². The van der Waals surface area contributed by atoms with Gasteiger partial charge in [0.2, 0.25) is 0 Å². The van der Waals surface area contributed by atoms with Crippen molar-refractivity contribution in [2.45, 2.75) is 37.5 Å². The SMILES string of the molecule is CC(=O)C=C(C)O.COCCOCCOCCOc1cc(C(c2ccccc2)c2ccccc2)c(N2C=CN(c3c(C(c4ccccc4)c4ccccc4)cc(OCCOCCOCCOC)cc3C(c3ccccc3)c3ccccc3)[CH-]2)c(C(c2ccccc2)c2ccccc2)c1.[Cl][Pd+]. The van der Waals surface area contributed by atoms with Gasteiger partial charge in [0.15, 0.2) is 5.78 Å². The van der Waals surface area contributed by atoms with Crippen LogP contribution in [0.1, 0.15) is 104 Å². The molecule has 100 heavy (non-hydrogen) atoms. The second-order valence-electron chi connectivity index (χ2n) is 23.7. The molecule has 0 amide bonds. The maximum atomic E-state index is 10.0. The number of benzene rings is 10. The minimum atomic E-state index is -0.237. The first-order chi connectivity index (χ1) is 49.3. The molecule has 1 aliphatic rings. The van der Waals surface area contributed by atoms with Crippen molar-refractivity contribution < 1.29 is 66.0 Å². The van der Waals surface area contributed by atoms with Crippen molar-refractivity contribution in [2.75, 3.05) is 103 Å². The number of nitrogens with zero attached hydrogens (tertiary/aromatic N) is 2. The maximum absolute atomic E-state index is 10.0. The van der Waals surface area contributed by atoms with Crippen LogP contribution in [0.2, 0.25) is 0 Å². The summed E-state index contributed by atoms with van der Waals surface area (Å²) in [7, 11) is 7.84. The van der Waals surface area contributed by atoms with Crippen molar-refractivity contribution in [2.24, 2.45) is 0 Å². The predicted octanol–water partition coefficient (Wildman–Crippen LogP) is 18.2. The third kappa shape index (κ3) is 21.8. The normalized spacial score (nSPS) is 12.0. The quantitative estimate of drug-likeness (QED) is 0.0102. The van der Waals surface area contributed by atoms with Crippen LogP contribution in [-0.2, 0) is 51.4 Å². The number of aliphatic hydroxyl groups excluding tert-OH is 1. The van der Waals surface area contributed by atoms with Gasteiger partial charge in [-0.3, -0.25) is 4.79 Å². The molecule has 10 aromatic rings. The van der Waals surface area contributed by atoms with Gasteiger partial charge in [0, 0.05) is 55.3 Å². The van der Waals surface area contributed by atoms with Gasteiger partial charge < -0.3 is 52.8 Å². The Morgan fingerprint density at radius 1 is 0.370 bits per heavy atom. The molecule has 1 N–H and O–H groups in total. The standard InChI is InChI=1S/C81H81N2O8.C5H8O2.ClH.Pd/c1-84-45-47-86-49-51-88-53-55-90-70-57-72(76(62-27-11-3-12-28-62)63-29-13-4-14-30-63)80(73(58-70)77(64-31-15-5-16-32-64)65-33-17-6-18-34-65)82-43-44-83(61-82)81-74(78(66-35-19-7-20-36-66)67-37-21-8-22-38-67)59-71(91-56-54-89-52-50-87-48-46-85-2)60-75(81)79(68-39-23-9-24-40-68)69-41-25-10-26-42-69;1-4(6)3-5(2)7;;/h3-44,57-61,76-79H,45-56H2,1-2H3;3,6H,1-2H3;1H;/q-1;;;+2/p-1. The Labute approximate surface area is 605 Å². The van der Waals surface area contributed by atoms with Crippen LogP contribution in [0, 0.1) is 6.67 Å². The zero-order chi connectivity index (χ0) is 69.9. The first-order valence-electron chi connectivity index (χ1n) is 33.7. The first kappa shape index (κ1) is 75.3. The molecule has 11 rings (SSSR count). The molecule has 0 bridgehead atoms. The summed E-state index contributed by atoms with van der Waals surface area (Å²) in [5.74, 6) is 0.472. The molecular formula is C86H89ClN2O10Pd. The fourth-order valence-electron chi connectivity index (χ4n) is 12.6. The van der Waals surface area contributed by atoms with Crippen LogP contribution < -0.4 is 19.3 Å². The van der Waals surface area contributed by atoms with E-state index in [1.165, 1.54) is 19.9 Å². The molecule has 0 unspecified atom stereocenters. The van der Waals surface area contributed by atoms with E-state index in [9.17, 15) is 4.79 Å². The van der Waals surface area contributed by atoms with Gasteiger partial charge in [-0.15, -0.1) is 6.67 Å². The van der Waals surface area contributed by atoms with E-state index < -0.39 is 0 Å². The fraction of sp³-hybridized carbons (Fsp3) is 0.233. The number of aliphatic hydroxyl groups is 1. The summed E-state index contributed by atoms with van der Waals surface area (Å²) >= 11 is 2.22. The van der Waals surface area contributed by atoms with Crippen molar-refractivity contribution in [1.82, 2.24) is 0 Å². The average molecular weight is 1450 g/mol. The topological polar surface area (TPSA) is 118 Å². The predicted molar refractivity (Wildman–Crippen MR) is 398 cm³/mol. The van der Waals surface area contributed by atoms with E-state index in [4.69, 9.17) is 43.0 Å². The molecule has 12 nitrogen and oxygen atoms in total. The molecule has 0 saturated heterocycles. The van der Waals surface area contributed by atoms with Crippen LogP contribution in [0.4, 0.5) is 11.4 Å². The van der Waals surface area contributed by atoms with Gasteiger partial charge in [0.05, 0.1) is 71.8 Å². The van der Waals surface area contributed by atoms with Crippen LogP contribution in [0.15, 0.2) is 291 Å². The average Bonchev–Trinajstić information content (AvgIpc) is 1.30. The molecule has 0 aliphatic carbocycles. The second-order valence-corrected chi connectivity index (χ2v) is 23.7. The van der Waals surface area contributed by atoms with Gasteiger partial charge in [-0.1, -0.05) is 243 Å². The molecule has 10 aromatic carbocycles. The molecule has 0 aromatic heterocycles.